The Morgan fingerprint density at radius 2 is 0.522 bits per heavy atom. The summed E-state index contributed by atoms with van der Waals surface area (Å²) in [6.07, 6.45) is 68.9. The summed E-state index contributed by atoms with van der Waals surface area (Å²) in [4.78, 5) is 38.2. The zero-order valence-corrected chi connectivity index (χ0v) is 46.6. The van der Waals surface area contributed by atoms with Crippen molar-refractivity contribution in [2.75, 3.05) is 13.2 Å². The molecular weight excluding hydrogens is 853 g/mol. The van der Waals surface area contributed by atoms with Crippen molar-refractivity contribution >= 4 is 17.9 Å². The van der Waals surface area contributed by atoms with Crippen LogP contribution < -0.4 is 0 Å². The van der Waals surface area contributed by atoms with E-state index in [0.29, 0.717) is 19.3 Å². The van der Waals surface area contributed by atoms with Crippen LogP contribution in [0.25, 0.3) is 0 Å². The molecule has 0 aliphatic rings. The van der Waals surface area contributed by atoms with Crippen molar-refractivity contribution in [1.82, 2.24) is 0 Å². The minimum absolute atomic E-state index is 0.0671. The molecule has 0 spiro atoms. The molecule has 0 radical (unpaired) electrons. The second kappa shape index (κ2) is 58.5. The maximum Gasteiger partial charge on any atom is 0.306 e. The molecule has 0 aromatic heterocycles. The molecule has 1 atom stereocenters. The largest absolute Gasteiger partial charge is 0.462 e. The van der Waals surface area contributed by atoms with E-state index in [2.05, 4.69) is 45.1 Å². The first-order valence-electron chi connectivity index (χ1n) is 30.8. The van der Waals surface area contributed by atoms with Crippen molar-refractivity contribution in [2.45, 2.75) is 348 Å². The van der Waals surface area contributed by atoms with Crippen LogP contribution >= 0.6 is 0 Å². The van der Waals surface area contributed by atoms with Crippen molar-refractivity contribution in [1.29, 1.82) is 0 Å². The highest BCUT2D eigenvalue weighted by molar-refractivity contribution is 5.71. The summed E-state index contributed by atoms with van der Waals surface area (Å²) in [5.74, 6) is -0.848. The highest BCUT2D eigenvalue weighted by Crippen LogP contribution is 2.18. The molecule has 6 nitrogen and oxygen atoms in total. The number of rotatable bonds is 57. The van der Waals surface area contributed by atoms with E-state index in [1.165, 1.54) is 238 Å². The second-order valence-electron chi connectivity index (χ2n) is 21.0. The Bertz CT molecular complexity index is 1110. The van der Waals surface area contributed by atoms with E-state index < -0.39 is 6.10 Å². The average molecular weight is 972 g/mol. The van der Waals surface area contributed by atoms with Crippen LogP contribution in [0.4, 0.5) is 0 Å². The van der Waals surface area contributed by atoms with Crippen LogP contribution in [0.2, 0.25) is 0 Å². The molecule has 0 unspecified atom stereocenters. The fourth-order valence-electron chi connectivity index (χ4n) is 9.30. The van der Waals surface area contributed by atoms with Crippen molar-refractivity contribution in [3.05, 3.63) is 24.3 Å². The quantitative estimate of drug-likeness (QED) is 0.0261. The maximum atomic E-state index is 12.9. The second-order valence-corrected chi connectivity index (χ2v) is 21.0. The maximum absolute atomic E-state index is 12.9. The molecule has 0 rings (SSSR count). The summed E-state index contributed by atoms with van der Waals surface area (Å²) < 4.78 is 16.9. The van der Waals surface area contributed by atoms with Gasteiger partial charge in [0.1, 0.15) is 13.2 Å². The minimum atomic E-state index is -0.768. The number of ether oxygens (including phenoxy) is 3. The van der Waals surface area contributed by atoms with E-state index in [-0.39, 0.29) is 31.1 Å². The van der Waals surface area contributed by atoms with Crippen molar-refractivity contribution in [3.8, 4) is 0 Å². The van der Waals surface area contributed by atoms with Crippen LogP contribution in [0, 0.1) is 0 Å². The Balaban J connectivity index is 4.25. The lowest BCUT2D eigenvalue weighted by atomic mass is 10.0. The Kier molecular flexibility index (Phi) is 56.7. The average Bonchev–Trinajstić information content (AvgIpc) is 3.35. The van der Waals surface area contributed by atoms with Gasteiger partial charge in [-0.15, -0.1) is 0 Å². The number of allylic oxidation sites excluding steroid dienone is 4. The molecule has 406 valence electrons. The van der Waals surface area contributed by atoms with E-state index in [9.17, 15) is 14.4 Å². The monoisotopic (exact) mass is 971 g/mol. The summed E-state index contributed by atoms with van der Waals surface area (Å²) in [6.45, 7) is 6.67. The van der Waals surface area contributed by atoms with E-state index >= 15 is 0 Å². The van der Waals surface area contributed by atoms with Gasteiger partial charge in [-0.1, -0.05) is 295 Å². The van der Waals surface area contributed by atoms with Gasteiger partial charge in [-0.05, 0) is 51.4 Å². The number of unbranched alkanes of at least 4 members (excludes halogenated alkanes) is 42. The molecule has 0 aromatic carbocycles. The van der Waals surface area contributed by atoms with Crippen LogP contribution in [0.5, 0.6) is 0 Å². The first kappa shape index (κ1) is 66.9. The van der Waals surface area contributed by atoms with Crippen LogP contribution in [0.1, 0.15) is 342 Å². The van der Waals surface area contributed by atoms with Gasteiger partial charge in [-0.2, -0.15) is 0 Å². The number of carbonyl (C=O) groups is 3. The van der Waals surface area contributed by atoms with Crippen molar-refractivity contribution in [3.63, 3.8) is 0 Å². The third kappa shape index (κ3) is 56.7. The highest BCUT2D eigenvalue weighted by Gasteiger charge is 2.19. The van der Waals surface area contributed by atoms with Gasteiger partial charge in [0.05, 0.1) is 0 Å². The summed E-state index contributed by atoms with van der Waals surface area (Å²) in [5, 5.41) is 0. The minimum Gasteiger partial charge on any atom is -0.462 e. The highest BCUT2D eigenvalue weighted by atomic mass is 16.6. The summed E-state index contributed by atoms with van der Waals surface area (Å²) in [7, 11) is 0. The lowest BCUT2D eigenvalue weighted by Gasteiger charge is -2.18. The Hall–Kier alpha value is -2.11. The molecule has 6 heteroatoms. The molecule has 0 aliphatic heterocycles. The van der Waals surface area contributed by atoms with Crippen LogP contribution in [-0.2, 0) is 28.6 Å². The Morgan fingerprint density at radius 1 is 0.290 bits per heavy atom. The van der Waals surface area contributed by atoms with Gasteiger partial charge in [-0.25, -0.2) is 0 Å². The fourth-order valence-corrected chi connectivity index (χ4v) is 9.30. The molecule has 0 aliphatic carbocycles. The zero-order chi connectivity index (χ0) is 50.0. The summed E-state index contributed by atoms with van der Waals surface area (Å²) >= 11 is 0. The topological polar surface area (TPSA) is 78.9 Å². The first-order chi connectivity index (χ1) is 34.0. The number of hydrogen-bond donors (Lipinski definition) is 0. The fraction of sp³-hybridized carbons (Fsp3) is 0.889. The van der Waals surface area contributed by atoms with Crippen LogP contribution in [0.3, 0.4) is 0 Å². The van der Waals surface area contributed by atoms with Gasteiger partial charge in [0.2, 0.25) is 0 Å². The molecule has 69 heavy (non-hydrogen) atoms. The smallest absolute Gasteiger partial charge is 0.306 e. The SMILES string of the molecule is CCCCC/C=C\C/C=C\CCCCCCCCCCCC(=O)O[C@@H](COC(=O)CCCCCCCCCCCCC)COC(=O)CCCCCCCCCCCCCCCCCCCCCCC. The van der Waals surface area contributed by atoms with Crippen LogP contribution in [0.15, 0.2) is 24.3 Å². The van der Waals surface area contributed by atoms with Gasteiger partial charge in [-0.3, -0.25) is 14.4 Å². The van der Waals surface area contributed by atoms with E-state index in [1.54, 1.807) is 0 Å². The number of hydrogen-bond acceptors (Lipinski definition) is 6. The van der Waals surface area contributed by atoms with Crippen molar-refractivity contribution in [2.24, 2.45) is 0 Å². The molecule has 0 amide bonds. The van der Waals surface area contributed by atoms with Crippen LogP contribution in [-0.4, -0.2) is 37.2 Å². The predicted octanol–water partition coefficient (Wildman–Crippen LogP) is 20.7. The number of carbonyl (C=O) groups excluding carboxylic acids is 3. The molecule has 0 bridgehead atoms. The van der Waals surface area contributed by atoms with E-state index in [4.69, 9.17) is 14.2 Å². The molecule has 0 saturated carbocycles. The zero-order valence-electron chi connectivity index (χ0n) is 46.6. The number of esters is 3. The third-order valence-electron chi connectivity index (χ3n) is 14.0. The molecule has 0 fully saturated rings. The van der Waals surface area contributed by atoms with E-state index in [0.717, 1.165) is 64.2 Å². The van der Waals surface area contributed by atoms with E-state index in [1.807, 2.05) is 0 Å². The Morgan fingerprint density at radius 3 is 0.826 bits per heavy atom. The predicted molar refractivity (Wildman–Crippen MR) is 298 cm³/mol. The van der Waals surface area contributed by atoms with Gasteiger partial charge < -0.3 is 14.2 Å². The van der Waals surface area contributed by atoms with Gasteiger partial charge in [0.15, 0.2) is 6.10 Å². The van der Waals surface area contributed by atoms with Gasteiger partial charge in [0.25, 0.3) is 0 Å². The molecule has 0 saturated heterocycles. The third-order valence-corrected chi connectivity index (χ3v) is 14.0. The van der Waals surface area contributed by atoms with Gasteiger partial charge >= 0.3 is 17.9 Å². The molecular formula is C63H118O6. The summed E-state index contributed by atoms with van der Waals surface area (Å²) in [6, 6.07) is 0. The standard InChI is InChI=1S/C63H118O6/c1-4-7-10-13-16-19-22-24-26-28-30-31-33-34-36-38-41-44-47-50-53-56-62(65)68-59-60(58-67-61(64)55-52-49-46-43-40-21-18-15-12-9-6-3)69-63(66)57-54-51-48-45-42-39-37-35-32-29-27-25-23-20-17-14-11-8-5-2/h17,20,25,27,60H,4-16,18-19,21-24,26,28-59H2,1-3H3/b20-17-,27-25-/t60-/m0/s1. The first-order valence-corrected chi connectivity index (χ1v) is 30.8. The Labute approximate surface area is 430 Å². The normalized spacial score (nSPS) is 12.1. The lowest BCUT2D eigenvalue weighted by Crippen LogP contribution is -2.30. The van der Waals surface area contributed by atoms with Gasteiger partial charge in [0, 0.05) is 19.3 Å². The molecule has 0 heterocycles. The molecule has 0 aromatic rings. The van der Waals surface area contributed by atoms with Crippen molar-refractivity contribution < 1.29 is 28.6 Å². The lowest BCUT2D eigenvalue weighted by molar-refractivity contribution is -0.167. The summed E-state index contributed by atoms with van der Waals surface area (Å²) in [5.41, 5.74) is 0. The molecule has 0 N–H and O–H groups in total.